The maximum atomic E-state index is 5.89. The molecule has 0 radical (unpaired) electrons. The summed E-state index contributed by atoms with van der Waals surface area (Å²) < 4.78 is 5.55. The van der Waals surface area contributed by atoms with E-state index in [2.05, 4.69) is 10.6 Å². The van der Waals surface area contributed by atoms with Crippen LogP contribution in [0.15, 0.2) is 77.4 Å². The molecular weight excluding hydrogens is 328 g/mol. The minimum Gasteiger partial charge on any atom is -0.467 e. The first-order chi connectivity index (χ1) is 11.2. The molecule has 0 bridgehead atoms. The van der Waals surface area contributed by atoms with E-state index >= 15 is 0 Å². The van der Waals surface area contributed by atoms with Gasteiger partial charge in [0.05, 0.1) is 6.26 Å². The van der Waals surface area contributed by atoms with Gasteiger partial charge in [0, 0.05) is 10.7 Å². The lowest BCUT2D eigenvalue weighted by Gasteiger charge is -2.19. The predicted molar refractivity (Wildman–Crippen MR) is 97.8 cm³/mol. The lowest BCUT2D eigenvalue weighted by Crippen LogP contribution is -2.32. The van der Waals surface area contributed by atoms with Gasteiger partial charge in [-0.05, 0) is 54.2 Å². The normalized spacial score (nSPS) is 11.7. The summed E-state index contributed by atoms with van der Waals surface area (Å²) in [4.78, 5) is 0. The first-order valence-corrected chi connectivity index (χ1v) is 7.92. The molecule has 2 N–H and O–H groups in total. The molecule has 0 aliphatic carbocycles. The number of thiocarbonyl (C=S) groups is 1. The molecule has 3 rings (SSSR count). The Morgan fingerprint density at radius 3 is 2.35 bits per heavy atom. The van der Waals surface area contributed by atoms with Crippen molar-refractivity contribution in [2.24, 2.45) is 0 Å². The average molecular weight is 343 g/mol. The molecule has 5 heteroatoms. The van der Waals surface area contributed by atoms with Crippen LogP contribution >= 0.6 is 23.8 Å². The lowest BCUT2D eigenvalue weighted by molar-refractivity contribution is 0.476. The molecular formula is C18H15ClN2OS. The first-order valence-electron chi connectivity index (χ1n) is 7.14. The largest absolute Gasteiger partial charge is 0.467 e. The predicted octanol–water partition coefficient (Wildman–Crippen LogP) is 5.01. The summed E-state index contributed by atoms with van der Waals surface area (Å²) in [6.07, 6.45) is 1.66. The fourth-order valence-electron chi connectivity index (χ4n) is 2.25. The van der Waals surface area contributed by atoms with Crippen molar-refractivity contribution in [2.45, 2.75) is 6.04 Å². The third-order valence-corrected chi connectivity index (χ3v) is 3.81. The first kappa shape index (κ1) is 15.6. The standard InChI is InChI=1S/C18H15ClN2OS/c19-14-8-10-15(11-9-14)20-18(23)21-17(16-7-4-12-22-16)13-5-2-1-3-6-13/h1-12,17H,(H2,20,21,23)/t17-/m0/s1. The molecule has 0 unspecified atom stereocenters. The number of rotatable bonds is 4. The second-order valence-electron chi connectivity index (χ2n) is 4.96. The number of benzene rings is 2. The summed E-state index contributed by atoms with van der Waals surface area (Å²) in [5.41, 5.74) is 1.95. The average Bonchev–Trinajstić information content (AvgIpc) is 3.10. The van der Waals surface area contributed by atoms with E-state index in [1.807, 2.05) is 66.7 Å². The van der Waals surface area contributed by atoms with Crippen LogP contribution in [0.25, 0.3) is 0 Å². The second kappa shape index (κ2) is 7.31. The highest BCUT2D eigenvalue weighted by Gasteiger charge is 2.17. The maximum absolute atomic E-state index is 5.89. The fourth-order valence-corrected chi connectivity index (χ4v) is 2.61. The Balaban J connectivity index is 1.76. The third-order valence-electron chi connectivity index (χ3n) is 3.34. The lowest BCUT2D eigenvalue weighted by atomic mass is 10.1. The summed E-state index contributed by atoms with van der Waals surface area (Å²) in [5, 5.41) is 7.64. The number of halogens is 1. The minimum absolute atomic E-state index is 0.154. The van der Waals surface area contributed by atoms with E-state index in [0.29, 0.717) is 10.1 Å². The number of anilines is 1. The second-order valence-corrected chi connectivity index (χ2v) is 5.81. The van der Waals surface area contributed by atoms with Crippen LogP contribution in [0.1, 0.15) is 17.4 Å². The molecule has 1 aromatic heterocycles. The van der Waals surface area contributed by atoms with Gasteiger partial charge in [-0.2, -0.15) is 0 Å². The molecule has 0 saturated carbocycles. The van der Waals surface area contributed by atoms with Crippen molar-refractivity contribution in [2.75, 3.05) is 5.32 Å². The van der Waals surface area contributed by atoms with Crippen LogP contribution in [0.5, 0.6) is 0 Å². The zero-order chi connectivity index (χ0) is 16.1. The minimum atomic E-state index is -0.154. The molecule has 0 fully saturated rings. The van der Waals surface area contributed by atoms with Crippen molar-refractivity contribution in [3.05, 3.63) is 89.3 Å². The smallest absolute Gasteiger partial charge is 0.171 e. The number of hydrogen-bond donors (Lipinski definition) is 2. The zero-order valence-electron chi connectivity index (χ0n) is 12.2. The monoisotopic (exact) mass is 342 g/mol. The quantitative estimate of drug-likeness (QED) is 0.653. The Kier molecular flexibility index (Phi) is 4.95. The topological polar surface area (TPSA) is 37.2 Å². The van der Waals surface area contributed by atoms with E-state index in [1.54, 1.807) is 6.26 Å². The summed E-state index contributed by atoms with van der Waals surface area (Å²) >= 11 is 11.3. The molecule has 2 aromatic carbocycles. The number of furan rings is 1. The van der Waals surface area contributed by atoms with Crippen molar-refractivity contribution < 1.29 is 4.42 Å². The number of hydrogen-bond acceptors (Lipinski definition) is 2. The molecule has 1 atom stereocenters. The summed E-state index contributed by atoms with van der Waals surface area (Å²) in [7, 11) is 0. The van der Waals surface area contributed by atoms with Crippen LogP contribution in [0.3, 0.4) is 0 Å². The van der Waals surface area contributed by atoms with Gasteiger partial charge in [-0.3, -0.25) is 0 Å². The van der Waals surface area contributed by atoms with Crippen LogP contribution in [0, 0.1) is 0 Å². The van der Waals surface area contributed by atoms with E-state index in [-0.39, 0.29) is 6.04 Å². The zero-order valence-corrected chi connectivity index (χ0v) is 13.8. The highest BCUT2D eigenvalue weighted by Crippen LogP contribution is 2.22. The third kappa shape index (κ3) is 4.12. The molecule has 1 heterocycles. The van der Waals surface area contributed by atoms with Gasteiger partial charge in [-0.1, -0.05) is 41.9 Å². The van der Waals surface area contributed by atoms with Gasteiger partial charge in [0.1, 0.15) is 11.8 Å². The Hall–Kier alpha value is -2.30. The van der Waals surface area contributed by atoms with Crippen LogP contribution in [-0.4, -0.2) is 5.11 Å². The van der Waals surface area contributed by atoms with Gasteiger partial charge in [-0.15, -0.1) is 0 Å². The van der Waals surface area contributed by atoms with Crippen molar-refractivity contribution >= 4 is 34.6 Å². The summed E-state index contributed by atoms with van der Waals surface area (Å²) in [6.45, 7) is 0. The van der Waals surface area contributed by atoms with Crippen molar-refractivity contribution in [1.29, 1.82) is 0 Å². The van der Waals surface area contributed by atoms with E-state index in [1.165, 1.54) is 0 Å². The van der Waals surface area contributed by atoms with E-state index < -0.39 is 0 Å². The van der Waals surface area contributed by atoms with Gasteiger partial charge < -0.3 is 15.1 Å². The molecule has 23 heavy (non-hydrogen) atoms. The van der Waals surface area contributed by atoms with Crippen molar-refractivity contribution in [3.8, 4) is 0 Å². The maximum Gasteiger partial charge on any atom is 0.171 e. The van der Waals surface area contributed by atoms with Crippen molar-refractivity contribution in [3.63, 3.8) is 0 Å². The molecule has 3 aromatic rings. The molecule has 0 saturated heterocycles. The highest BCUT2D eigenvalue weighted by molar-refractivity contribution is 7.80. The van der Waals surface area contributed by atoms with Crippen molar-refractivity contribution in [1.82, 2.24) is 5.32 Å². The Morgan fingerprint density at radius 1 is 0.957 bits per heavy atom. The van der Waals surface area contributed by atoms with Gasteiger partial charge in [0.25, 0.3) is 0 Å². The highest BCUT2D eigenvalue weighted by atomic mass is 35.5. The van der Waals surface area contributed by atoms with Crippen LogP contribution in [0.4, 0.5) is 5.69 Å². The van der Waals surface area contributed by atoms with Crippen LogP contribution in [-0.2, 0) is 0 Å². The molecule has 0 spiro atoms. The molecule has 116 valence electrons. The van der Waals surface area contributed by atoms with Gasteiger partial charge >= 0.3 is 0 Å². The van der Waals surface area contributed by atoms with Gasteiger partial charge in [0.15, 0.2) is 5.11 Å². The Bertz CT molecular complexity index is 757. The molecule has 3 nitrogen and oxygen atoms in total. The molecule has 0 aliphatic rings. The van der Waals surface area contributed by atoms with Gasteiger partial charge in [0.2, 0.25) is 0 Å². The Labute approximate surface area is 145 Å². The van der Waals surface area contributed by atoms with E-state index in [4.69, 9.17) is 28.2 Å². The SMILES string of the molecule is S=C(Nc1ccc(Cl)cc1)N[C@@H](c1ccccc1)c1ccco1. The summed E-state index contributed by atoms with van der Waals surface area (Å²) in [5.74, 6) is 0.802. The fraction of sp³-hybridized carbons (Fsp3) is 0.0556. The van der Waals surface area contributed by atoms with Crippen LogP contribution < -0.4 is 10.6 Å². The molecule has 0 amide bonds. The Morgan fingerprint density at radius 2 is 1.70 bits per heavy atom. The summed E-state index contributed by atoms with van der Waals surface area (Å²) in [6, 6.07) is 21.0. The molecule has 0 aliphatic heterocycles. The number of nitrogens with one attached hydrogen (secondary N) is 2. The van der Waals surface area contributed by atoms with Gasteiger partial charge in [-0.25, -0.2) is 0 Å². The van der Waals surface area contributed by atoms with E-state index in [9.17, 15) is 0 Å². The van der Waals surface area contributed by atoms with Crippen LogP contribution in [0.2, 0.25) is 5.02 Å². The van der Waals surface area contributed by atoms with E-state index in [0.717, 1.165) is 17.0 Å².